The first kappa shape index (κ1) is 11.8. The van der Waals surface area contributed by atoms with E-state index in [2.05, 4.69) is 42.3 Å². The molecule has 1 aliphatic rings. The quantitative estimate of drug-likeness (QED) is 0.827. The summed E-state index contributed by atoms with van der Waals surface area (Å²) in [5.41, 5.74) is 5.60. The molecule has 0 atom stereocenters. The zero-order valence-corrected chi connectivity index (χ0v) is 11.3. The Hall–Kier alpha value is -1.28. The van der Waals surface area contributed by atoms with Gasteiger partial charge in [-0.15, -0.1) is 0 Å². The van der Waals surface area contributed by atoms with Crippen LogP contribution in [0.25, 0.3) is 10.9 Å². The molecular weight excluding hydrogens is 220 g/mol. The van der Waals surface area contributed by atoms with Gasteiger partial charge in [0.1, 0.15) is 0 Å². The molecule has 2 nitrogen and oxygen atoms in total. The number of benzene rings is 1. The summed E-state index contributed by atoms with van der Waals surface area (Å²) in [4.78, 5) is 3.57. The fraction of sp³-hybridized carbons (Fsp3) is 0.500. The Morgan fingerprint density at radius 1 is 1.33 bits per heavy atom. The molecule has 96 valence electrons. The number of fused-ring (bicyclic) bond motifs is 1. The SMILES string of the molecule is CCc1cccc2c(CCNC3CC3)c(C)[nH]c12. The molecule has 0 unspecified atom stereocenters. The van der Waals surface area contributed by atoms with Gasteiger partial charge in [0.25, 0.3) is 0 Å². The van der Waals surface area contributed by atoms with Crippen molar-refractivity contribution in [2.24, 2.45) is 0 Å². The maximum absolute atomic E-state index is 3.60. The van der Waals surface area contributed by atoms with E-state index in [0.29, 0.717) is 0 Å². The van der Waals surface area contributed by atoms with Gasteiger partial charge in [0, 0.05) is 22.6 Å². The van der Waals surface area contributed by atoms with Crippen molar-refractivity contribution >= 4 is 10.9 Å². The molecule has 0 spiro atoms. The fourth-order valence-corrected chi connectivity index (χ4v) is 2.77. The van der Waals surface area contributed by atoms with Gasteiger partial charge in [0.05, 0.1) is 0 Å². The second-order valence-corrected chi connectivity index (χ2v) is 5.40. The van der Waals surface area contributed by atoms with E-state index in [9.17, 15) is 0 Å². The van der Waals surface area contributed by atoms with Crippen molar-refractivity contribution in [2.45, 2.75) is 45.6 Å². The molecule has 1 aliphatic carbocycles. The number of aromatic nitrogens is 1. The number of aryl methyl sites for hydroxylation is 2. The average molecular weight is 242 g/mol. The van der Waals surface area contributed by atoms with E-state index >= 15 is 0 Å². The van der Waals surface area contributed by atoms with Crippen LogP contribution in [0.4, 0.5) is 0 Å². The highest BCUT2D eigenvalue weighted by Crippen LogP contribution is 2.26. The third-order valence-electron chi connectivity index (χ3n) is 4.01. The van der Waals surface area contributed by atoms with Gasteiger partial charge in [-0.1, -0.05) is 25.1 Å². The standard InChI is InChI=1S/C16H22N2/c1-3-12-5-4-6-15-14(11(2)18-16(12)15)9-10-17-13-7-8-13/h4-6,13,17-18H,3,7-10H2,1-2H3. The monoisotopic (exact) mass is 242 g/mol. The van der Waals surface area contributed by atoms with Gasteiger partial charge in [0.15, 0.2) is 0 Å². The Morgan fingerprint density at radius 2 is 2.17 bits per heavy atom. The number of rotatable bonds is 5. The summed E-state index contributed by atoms with van der Waals surface area (Å²) in [6, 6.07) is 7.48. The van der Waals surface area contributed by atoms with Crippen LogP contribution in [0.3, 0.4) is 0 Å². The van der Waals surface area contributed by atoms with Crippen LogP contribution in [0.1, 0.15) is 36.6 Å². The van der Waals surface area contributed by atoms with Gasteiger partial charge in [0.2, 0.25) is 0 Å². The van der Waals surface area contributed by atoms with E-state index in [0.717, 1.165) is 25.4 Å². The Bertz CT molecular complexity index is 549. The third-order valence-corrected chi connectivity index (χ3v) is 4.01. The third kappa shape index (κ3) is 2.17. The minimum atomic E-state index is 0.807. The molecular formula is C16H22N2. The van der Waals surface area contributed by atoms with Gasteiger partial charge in [-0.3, -0.25) is 0 Å². The molecule has 0 aliphatic heterocycles. The average Bonchev–Trinajstić information content (AvgIpc) is 3.14. The maximum atomic E-state index is 3.60. The van der Waals surface area contributed by atoms with E-state index in [4.69, 9.17) is 0 Å². The van der Waals surface area contributed by atoms with Crippen LogP contribution in [0.2, 0.25) is 0 Å². The minimum Gasteiger partial charge on any atom is -0.358 e. The van der Waals surface area contributed by atoms with E-state index in [1.807, 2.05) is 0 Å². The maximum Gasteiger partial charge on any atom is 0.0491 e. The Kier molecular flexibility index (Phi) is 3.13. The van der Waals surface area contributed by atoms with Crippen LogP contribution in [0.5, 0.6) is 0 Å². The summed E-state index contributed by atoms with van der Waals surface area (Å²) >= 11 is 0. The predicted octanol–water partition coefficient (Wildman–Crippen LogP) is 3.33. The van der Waals surface area contributed by atoms with Crippen molar-refractivity contribution in [3.63, 3.8) is 0 Å². The van der Waals surface area contributed by atoms with Crippen molar-refractivity contribution in [3.05, 3.63) is 35.0 Å². The molecule has 0 radical (unpaired) electrons. The highest BCUT2D eigenvalue weighted by Gasteiger charge is 2.20. The van der Waals surface area contributed by atoms with Crippen LogP contribution in [0, 0.1) is 6.92 Å². The number of H-pyrrole nitrogens is 1. The number of para-hydroxylation sites is 1. The molecule has 2 N–H and O–H groups in total. The number of nitrogens with one attached hydrogen (secondary N) is 2. The van der Waals surface area contributed by atoms with Crippen LogP contribution >= 0.6 is 0 Å². The normalized spacial score (nSPS) is 15.4. The molecule has 1 aromatic carbocycles. The van der Waals surface area contributed by atoms with Crippen molar-refractivity contribution in [1.82, 2.24) is 10.3 Å². The predicted molar refractivity (Wildman–Crippen MR) is 77.1 cm³/mol. The Labute approximate surface area is 109 Å². The molecule has 18 heavy (non-hydrogen) atoms. The highest BCUT2D eigenvalue weighted by atomic mass is 14.9. The van der Waals surface area contributed by atoms with Crippen LogP contribution < -0.4 is 5.32 Å². The Balaban J connectivity index is 1.87. The van der Waals surface area contributed by atoms with E-state index < -0.39 is 0 Å². The summed E-state index contributed by atoms with van der Waals surface area (Å²) in [6.45, 7) is 5.53. The minimum absolute atomic E-state index is 0.807. The first-order chi connectivity index (χ1) is 8.79. The van der Waals surface area contributed by atoms with Gasteiger partial charge in [-0.25, -0.2) is 0 Å². The van der Waals surface area contributed by atoms with E-state index in [1.165, 1.54) is 40.6 Å². The lowest BCUT2D eigenvalue weighted by atomic mass is 10.0. The summed E-state index contributed by atoms with van der Waals surface area (Å²) in [6.07, 6.45) is 4.96. The highest BCUT2D eigenvalue weighted by molar-refractivity contribution is 5.87. The molecule has 1 aromatic heterocycles. The lowest BCUT2D eigenvalue weighted by Gasteiger charge is -2.04. The van der Waals surface area contributed by atoms with Crippen LogP contribution in [-0.2, 0) is 12.8 Å². The molecule has 2 aromatic rings. The second kappa shape index (κ2) is 4.77. The molecule has 0 saturated heterocycles. The number of aromatic amines is 1. The van der Waals surface area contributed by atoms with Gasteiger partial charge < -0.3 is 10.3 Å². The summed E-state index contributed by atoms with van der Waals surface area (Å²) in [5.74, 6) is 0. The van der Waals surface area contributed by atoms with E-state index in [1.54, 1.807) is 0 Å². The van der Waals surface area contributed by atoms with Crippen molar-refractivity contribution in [1.29, 1.82) is 0 Å². The molecule has 1 fully saturated rings. The molecule has 1 saturated carbocycles. The molecule has 0 bridgehead atoms. The smallest absolute Gasteiger partial charge is 0.0491 e. The topological polar surface area (TPSA) is 27.8 Å². The van der Waals surface area contributed by atoms with Crippen molar-refractivity contribution in [2.75, 3.05) is 6.54 Å². The zero-order valence-electron chi connectivity index (χ0n) is 11.3. The lowest BCUT2D eigenvalue weighted by Crippen LogP contribution is -2.19. The molecule has 0 amide bonds. The van der Waals surface area contributed by atoms with Crippen molar-refractivity contribution < 1.29 is 0 Å². The molecule has 2 heteroatoms. The largest absolute Gasteiger partial charge is 0.358 e. The number of hydrogen-bond acceptors (Lipinski definition) is 1. The second-order valence-electron chi connectivity index (χ2n) is 5.40. The molecule has 3 rings (SSSR count). The first-order valence-corrected chi connectivity index (χ1v) is 7.12. The first-order valence-electron chi connectivity index (χ1n) is 7.12. The summed E-state index contributed by atoms with van der Waals surface area (Å²) in [5, 5.41) is 5.02. The molecule has 1 heterocycles. The summed E-state index contributed by atoms with van der Waals surface area (Å²) in [7, 11) is 0. The van der Waals surface area contributed by atoms with Crippen molar-refractivity contribution in [3.8, 4) is 0 Å². The lowest BCUT2D eigenvalue weighted by molar-refractivity contribution is 0.682. The summed E-state index contributed by atoms with van der Waals surface area (Å²) < 4.78 is 0. The van der Waals surface area contributed by atoms with E-state index in [-0.39, 0.29) is 0 Å². The van der Waals surface area contributed by atoms with Gasteiger partial charge in [-0.05, 0) is 50.3 Å². The van der Waals surface area contributed by atoms with Crippen LogP contribution in [0.15, 0.2) is 18.2 Å². The van der Waals surface area contributed by atoms with Gasteiger partial charge in [-0.2, -0.15) is 0 Å². The fourth-order valence-electron chi connectivity index (χ4n) is 2.77. The Morgan fingerprint density at radius 3 is 2.89 bits per heavy atom. The van der Waals surface area contributed by atoms with Gasteiger partial charge >= 0.3 is 0 Å². The zero-order chi connectivity index (χ0) is 12.5. The number of hydrogen-bond donors (Lipinski definition) is 2. The van der Waals surface area contributed by atoms with Crippen LogP contribution in [-0.4, -0.2) is 17.6 Å².